The summed E-state index contributed by atoms with van der Waals surface area (Å²) in [6, 6.07) is 10.1. The highest BCUT2D eigenvalue weighted by molar-refractivity contribution is 5.94. The van der Waals surface area contributed by atoms with Gasteiger partial charge in [-0.05, 0) is 36.2 Å². The zero-order chi connectivity index (χ0) is 17.0. The van der Waals surface area contributed by atoms with Crippen LogP contribution in [0, 0.1) is 5.82 Å². The summed E-state index contributed by atoms with van der Waals surface area (Å²) >= 11 is 0. The third-order valence-electron chi connectivity index (χ3n) is 3.13. The summed E-state index contributed by atoms with van der Waals surface area (Å²) in [5.74, 6) is -1.65. The first-order valence-electron chi connectivity index (χ1n) is 6.87. The summed E-state index contributed by atoms with van der Waals surface area (Å²) in [5.41, 5.74) is 5.47. The van der Waals surface area contributed by atoms with Gasteiger partial charge in [0.1, 0.15) is 5.69 Å². The number of guanidine groups is 1. The molecule has 23 heavy (non-hydrogen) atoms. The van der Waals surface area contributed by atoms with Crippen LogP contribution < -0.4 is 11.1 Å². The highest BCUT2D eigenvalue weighted by atomic mass is 19.4. The maximum Gasteiger partial charge on any atom is 0.419 e. The van der Waals surface area contributed by atoms with Gasteiger partial charge in [-0.15, -0.1) is 0 Å². The van der Waals surface area contributed by atoms with E-state index in [2.05, 4.69) is 10.3 Å². The predicted molar refractivity (Wildman–Crippen MR) is 82.1 cm³/mol. The largest absolute Gasteiger partial charge is 0.419 e. The second-order valence-corrected chi connectivity index (χ2v) is 4.81. The number of benzene rings is 2. The number of aliphatic imine (C=N–C) groups is 1. The first kappa shape index (κ1) is 16.8. The van der Waals surface area contributed by atoms with Crippen LogP contribution in [0.1, 0.15) is 18.1 Å². The van der Waals surface area contributed by atoms with E-state index < -0.39 is 23.2 Å². The number of alkyl halides is 3. The van der Waals surface area contributed by atoms with E-state index >= 15 is 0 Å². The third-order valence-corrected chi connectivity index (χ3v) is 3.13. The lowest BCUT2D eigenvalue weighted by Crippen LogP contribution is -2.22. The van der Waals surface area contributed by atoms with Gasteiger partial charge in [0.25, 0.3) is 0 Å². The van der Waals surface area contributed by atoms with Crippen LogP contribution in [0.4, 0.5) is 28.9 Å². The fraction of sp³-hybridized carbons (Fsp3) is 0.188. The van der Waals surface area contributed by atoms with Crippen molar-refractivity contribution in [1.29, 1.82) is 0 Å². The Hall–Kier alpha value is -2.57. The number of hydrogen-bond acceptors (Lipinski definition) is 1. The van der Waals surface area contributed by atoms with Crippen molar-refractivity contribution in [3.8, 4) is 0 Å². The molecule has 0 amide bonds. The average molecular weight is 325 g/mol. The van der Waals surface area contributed by atoms with E-state index in [1.807, 2.05) is 19.1 Å². The highest BCUT2D eigenvalue weighted by Crippen LogP contribution is 2.34. The van der Waals surface area contributed by atoms with Crippen LogP contribution in [0.3, 0.4) is 0 Å². The summed E-state index contributed by atoms with van der Waals surface area (Å²) in [6.07, 6.45) is -3.97. The lowest BCUT2D eigenvalue weighted by molar-refractivity contribution is -0.139. The van der Waals surface area contributed by atoms with Gasteiger partial charge in [-0.3, -0.25) is 0 Å². The minimum Gasteiger partial charge on any atom is -0.369 e. The van der Waals surface area contributed by atoms with Gasteiger partial charge in [-0.25, -0.2) is 9.38 Å². The molecule has 0 heterocycles. The Bertz CT molecular complexity index is 724. The van der Waals surface area contributed by atoms with Gasteiger partial charge in [0.05, 0.1) is 5.56 Å². The lowest BCUT2D eigenvalue weighted by Gasteiger charge is -2.10. The zero-order valence-corrected chi connectivity index (χ0v) is 12.3. The molecular weight excluding hydrogens is 310 g/mol. The molecule has 0 bridgehead atoms. The number of rotatable bonds is 3. The third kappa shape index (κ3) is 4.21. The van der Waals surface area contributed by atoms with Crippen molar-refractivity contribution in [2.45, 2.75) is 19.5 Å². The van der Waals surface area contributed by atoms with Crippen LogP contribution in [0.5, 0.6) is 0 Å². The van der Waals surface area contributed by atoms with Crippen molar-refractivity contribution in [3.05, 3.63) is 59.4 Å². The normalized spacial score (nSPS) is 12.3. The molecule has 3 nitrogen and oxygen atoms in total. The van der Waals surface area contributed by atoms with E-state index in [-0.39, 0.29) is 5.96 Å². The average Bonchev–Trinajstić information content (AvgIpc) is 2.48. The van der Waals surface area contributed by atoms with Crippen LogP contribution in [0.2, 0.25) is 0 Å². The molecule has 122 valence electrons. The van der Waals surface area contributed by atoms with Crippen molar-refractivity contribution in [2.24, 2.45) is 10.7 Å². The first-order chi connectivity index (χ1) is 10.8. The minimum atomic E-state index is -4.78. The number of aryl methyl sites for hydroxylation is 1. The molecule has 0 radical (unpaired) electrons. The topological polar surface area (TPSA) is 50.4 Å². The molecule has 2 aromatic rings. The first-order valence-corrected chi connectivity index (χ1v) is 6.87. The van der Waals surface area contributed by atoms with Crippen LogP contribution >= 0.6 is 0 Å². The number of nitrogens with two attached hydrogens (primary N) is 1. The Balaban J connectivity index is 2.27. The molecule has 3 N–H and O–H groups in total. The monoisotopic (exact) mass is 325 g/mol. The van der Waals surface area contributed by atoms with Crippen LogP contribution in [0.15, 0.2) is 47.5 Å². The molecule has 2 rings (SSSR count). The second kappa shape index (κ2) is 6.68. The van der Waals surface area contributed by atoms with E-state index in [0.717, 1.165) is 24.1 Å². The van der Waals surface area contributed by atoms with Gasteiger partial charge >= 0.3 is 6.18 Å². The summed E-state index contributed by atoms with van der Waals surface area (Å²) < 4.78 is 51.9. The van der Waals surface area contributed by atoms with E-state index in [0.29, 0.717) is 11.8 Å². The molecule has 2 aromatic carbocycles. The van der Waals surface area contributed by atoms with Crippen molar-refractivity contribution >= 4 is 17.3 Å². The molecule has 0 unspecified atom stereocenters. The Morgan fingerprint density at radius 2 is 1.87 bits per heavy atom. The number of halogens is 4. The number of nitrogens with zero attached hydrogens (tertiary/aromatic N) is 1. The predicted octanol–water partition coefficient (Wildman–Crippen LogP) is 4.47. The molecule has 0 saturated carbocycles. The van der Waals surface area contributed by atoms with Crippen molar-refractivity contribution < 1.29 is 17.6 Å². The highest BCUT2D eigenvalue weighted by Gasteiger charge is 2.34. The van der Waals surface area contributed by atoms with E-state index in [1.165, 1.54) is 0 Å². The van der Waals surface area contributed by atoms with E-state index in [9.17, 15) is 17.6 Å². The van der Waals surface area contributed by atoms with Gasteiger partial charge in [0.2, 0.25) is 0 Å². The Labute approximate surface area is 130 Å². The number of hydrogen-bond donors (Lipinski definition) is 2. The molecule has 0 aliphatic rings. The Morgan fingerprint density at radius 3 is 2.52 bits per heavy atom. The molecule has 0 aromatic heterocycles. The van der Waals surface area contributed by atoms with Crippen molar-refractivity contribution in [3.63, 3.8) is 0 Å². The lowest BCUT2D eigenvalue weighted by atomic mass is 10.1. The zero-order valence-electron chi connectivity index (χ0n) is 12.3. The maximum absolute atomic E-state index is 13.9. The van der Waals surface area contributed by atoms with Gasteiger partial charge in [0.15, 0.2) is 11.8 Å². The molecule has 0 aliphatic heterocycles. The van der Waals surface area contributed by atoms with Gasteiger partial charge < -0.3 is 11.1 Å². The fourth-order valence-corrected chi connectivity index (χ4v) is 2.00. The van der Waals surface area contributed by atoms with Crippen LogP contribution in [-0.2, 0) is 12.6 Å². The molecule has 0 spiro atoms. The van der Waals surface area contributed by atoms with E-state index in [4.69, 9.17) is 5.73 Å². The standard InChI is InChI=1S/C16H15F4N3/c1-2-10-5-3-6-11(9-10)22-15(21)23-13-8-4-7-12(14(13)17)16(18,19)20/h3-9H,2H2,1H3,(H3,21,22,23). The van der Waals surface area contributed by atoms with Gasteiger partial charge in [-0.1, -0.05) is 25.1 Å². The quantitative estimate of drug-likeness (QED) is 0.497. The minimum absolute atomic E-state index is 0.198. The number of nitrogens with one attached hydrogen (secondary N) is 1. The fourth-order valence-electron chi connectivity index (χ4n) is 2.00. The van der Waals surface area contributed by atoms with Crippen LogP contribution in [0.25, 0.3) is 0 Å². The van der Waals surface area contributed by atoms with Gasteiger partial charge in [0, 0.05) is 5.69 Å². The summed E-state index contributed by atoms with van der Waals surface area (Å²) in [4.78, 5) is 3.69. The van der Waals surface area contributed by atoms with Crippen molar-refractivity contribution in [1.82, 2.24) is 0 Å². The SMILES string of the molecule is CCc1cccc(NC(N)=Nc2cccc(C(F)(F)F)c2F)c1. The Morgan fingerprint density at radius 1 is 1.17 bits per heavy atom. The smallest absolute Gasteiger partial charge is 0.369 e. The summed E-state index contributed by atoms with van der Waals surface area (Å²) in [5, 5.41) is 2.73. The molecule has 7 heteroatoms. The summed E-state index contributed by atoms with van der Waals surface area (Å²) in [7, 11) is 0. The Kier molecular flexibility index (Phi) is 4.88. The second-order valence-electron chi connectivity index (χ2n) is 4.81. The molecular formula is C16H15F4N3. The molecule has 0 fully saturated rings. The number of anilines is 1. The molecule has 0 atom stereocenters. The maximum atomic E-state index is 13.9. The van der Waals surface area contributed by atoms with Crippen molar-refractivity contribution in [2.75, 3.05) is 5.32 Å². The summed E-state index contributed by atoms with van der Waals surface area (Å²) in [6.45, 7) is 1.98. The van der Waals surface area contributed by atoms with E-state index in [1.54, 1.807) is 12.1 Å². The molecule has 0 saturated heterocycles. The van der Waals surface area contributed by atoms with Crippen LogP contribution in [-0.4, -0.2) is 5.96 Å². The van der Waals surface area contributed by atoms with Gasteiger partial charge in [-0.2, -0.15) is 13.2 Å². The molecule has 0 aliphatic carbocycles.